The van der Waals surface area contributed by atoms with Crippen molar-refractivity contribution in [1.29, 1.82) is 0 Å². The number of esters is 1. The van der Waals surface area contributed by atoms with Crippen molar-refractivity contribution in [3.63, 3.8) is 0 Å². The maximum absolute atomic E-state index is 13.3. The SMILES string of the molecule is CCOC(=O)CC(C)c1ccc2c(c1)CCN2C(=O)Cc1ccc(NC(=O)Nc2ccccc2C)c(OC)c1. The number of anilines is 3. The molecule has 0 spiro atoms. The Kier molecular flexibility index (Phi) is 8.86. The van der Waals surface area contributed by atoms with Crippen molar-refractivity contribution in [3.8, 4) is 5.75 Å². The Labute approximate surface area is 229 Å². The zero-order valence-electron chi connectivity index (χ0n) is 22.9. The van der Waals surface area contributed by atoms with E-state index in [4.69, 9.17) is 9.47 Å². The average Bonchev–Trinajstić information content (AvgIpc) is 3.34. The highest BCUT2D eigenvalue weighted by Crippen LogP contribution is 2.33. The highest BCUT2D eigenvalue weighted by molar-refractivity contribution is 6.01. The fraction of sp³-hybridized carbons (Fsp3) is 0.323. The second kappa shape index (κ2) is 12.5. The third kappa shape index (κ3) is 6.76. The minimum atomic E-state index is -0.379. The highest BCUT2D eigenvalue weighted by atomic mass is 16.5. The van der Waals surface area contributed by atoms with Gasteiger partial charge in [-0.1, -0.05) is 43.3 Å². The van der Waals surface area contributed by atoms with Crippen molar-refractivity contribution in [2.75, 3.05) is 35.8 Å². The number of nitrogens with one attached hydrogen (secondary N) is 2. The van der Waals surface area contributed by atoms with E-state index in [1.54, 1.807) is 19.1 Å². The van der Waals surface area contributed by atoms with Gasteiger partial charge in [0.05, 0.1) is 32.2 Å². The molecule has 1 heterocycles. The quantitative estimate of drug-likeness (QED) is 0.340. The Bertz CT molecular complexity index is 1370. The van der Waals surface area contributed by atoms with E-state index in [9.17, 15) is 14.4 Å². The lowest BCUT2D eigenvalue weighted by Crippen LogP contribution is -2.30. The van der Waals surface area contributed by atoms with Crippen LogP contribution in [0.25, 0.3) is 0 Å². The molecule has 4 rings (SSSR count). The summed E-state index contributed by atoms with van der Waals surface area (Å²) in [6, 6.07) is 18.5. The molecule has 1 unspecified atom stereocenters. The summed E-state index contributed by atoms with van der Waals surface area (Å²) < 4.78 is 10.6. The number of amides is 3. The molecular weight excluding hydrogens is 494 g/mol. The molecule has 1 aliphatic rings. The Balaban J connectivity index is 1.40. The molecule has 3 aromatic rings. The first-order chi connectivity index (χ1) is 18.8. The molecule has 0 bridgehead atoms. The van der Waals surface area contributed by atoms with Crippen molar-refractivity contribution in [2.45, 2.75) is 46.0 Å². The van der Waals surface area contributed by atoms with Gasteiger partial charge in [0, 0.05) is 17.9 Å². The van der Waals surface area contributed by atoms with E-state index in [1.165, 1.54) is 7.11 Å². The number of rotatable bonds is 9. The van der Waals surface area contributed by atoms with Crippen LogP contribution < -0.4 is 20.3 Å². The van der Waals surface area contributed by atoms with Crippen LogP contribution in [0.1, 0.15) is 48.4 Å². The van der Waals surface area contributed by atoms with Crippen LogP contribution in [0.15, 0.2) is 60.7 Å². The number of hydrogen-bond acceptors (Lipinski definition) is 5. The fourth-order valence-electron chi connectivity index (χ4n) is 4.78. The number of carbonyl (C=O) groups excluding carboxylic acids is 3. The van der Waals surface area contributed by atoms with Gasteiger partial charge in [0.15, 0.2) is 0 Å². The standard InChI is InChI=1S/C31H35N3O5/c1-5-39-30(36)16-21(3)23-11-13-27-24(19-23)14-15-34(27)29(35)18-22-10-12-26(28(17-22)38-4)33-31(37)32-25-9-7-6-8-20(25)2/h6-13,17,19,21H,5,14-16,18H2,1-4H3,(H2,32,33,37). The lowest BCUT2D eigenvalue weighted by atomic mass is 9.95. The molecule has 3 amide bonds. The van der Waals surface area contributed by atoms with Gasteiger partial charge < -0.3 is 25.0 Å². The first kappa shape index (κ1) is 27.7. The summed E-state index contributed by atoms with van der Waals surface area (Å²) in [6.45, 7) is 6.72. The molecular formula is C31H35N3O5. The highest BCUT2D eigenvalue weighted by Gasteiger charge is 2.26. The van der Waals surface area contributed by atoms with Crippen molar-refractivity contribution in [1.82, 2.24) is 0 Å². The van der Waals surface area contributed by atoms with Crippen LogP contribution in [0.5, 0.6) is 5.75 Å². The van der Waals surface area contributed by atoms with E-state index < -0.39 is 0 Å². The Hall–Kier alpha value is -4.33. The molecule has 2 N–H and O–H groups in total. The molecule has 39 heavy (non-hydrogen) atoms. The molecule has 0 aromatic heterocycles. The zero-order valence-corrected chi connectivity index (χ0v) is 22.9. The summed E-state index contributed by atoms with van der Waals surface area (Å²) in [5.41, 5.74) is 6.06. The zero-order chi connectivity index (χ0) is 27.9. The van der Waals surface area contributed by atoms with E-state index in [0.29, 0.717) is 31.0 Å². The van der Waals surface area contributed by atoms with E-state index in [1.807, 2.05) is 61.2 Å². The molecule has 0 aliphatic carbocycles. The molecule has 1 atom stereocenters. The van der Waals surface area contributed by atoms with E-state index in [-0.39, 0.29) is 30.2 Å². The maximum atomic E-state index is 13.3. The minimum absolute atomic E-state index is 0.0128. The normalized spacial score (nSPS) is 12.9. The van der Waals surface area contributed by atoms with Gasteiger partial charge in [0.2, 0.25) is 5.91 Å². The number of nitrogens with zero attached hydrogens (tertiary/aromatic N) is 1. The monoisotopic (exact) mass is 529 g/mol. The van der Waals surface area contributed by atoms with Gasteiger partial charge in [-0.25, -0.2) is 4.79 Å². The number of aryl methyl sites for hydroxylation is 1. The van der Waals surface area contributed by atoms with Gasteiger partial charge in [-0.3, -0.25) is 9.59 Å². The van der Waals surface area contributed by atoms with E-state index in [2.05, 4.69) is 16.7 Å². The molecule has 0 saturated carbocycles. The Morgan fingerprint density at radius 1 is 1.00 bits per heavy atom. The summed E-state index contributed by atoms with van der Waals surface area (Å²) in [4.78, 5) is 39.5. The minimum Gasteiger partial charge on any atom is -0.495 e. The maximum Gasteiger partial charge on any atom is 0.323 e. The van der Waals surface area contributed by atoms with E-state index >= 15 is 0 Å². The summed E-state index contributed by atoms with van der Waals surface area (Å²) >= 11 is 0. The molecule has 8 nitrogen and oxygen atoms in total. The van der Waals surface area contributed by atoms with Crippen LogP contribution in [0.2, 0.25) is 0 Å². The third-order valence-electron chi connectivity index (χ3n) is 6.91. The first-order valence-electron chi connectivity index (χ1n) is 13.2. The summed E-state index contributed by atoms with van der Waals surface area (Å²) in [6.07, 6.45) is 1.30. The summed E-state index contributed by atoms with van der Waals surface area (Å²) in [5, 5.41) is 5.66. The molecule has 0 radical (unpaired) electrons. The van der Waals surface area contributed by atoms with Crippen LogP contribution in [0, 0.1) is 6.92 Å². The number of methoxy groups -OCH3 is 1. The average molecular weight is 530 g/mol. The Morgan fingerprint density at radius 3 is 2.51 bits per heavy atom. The van der Waals surface area contributed by atoms with Crippen LogP contribution in [0.3, 0.4) is 0 Å². The van der Waals surface area contributed by atoms with Gasteiger partial charge in [-0.15, -0.1) is 0 Å². The lowest BCUT2D eigenvalue weighted by Gasteiger charge is -2.19. The third-order valence-corrected chi connectivity index (χ3v) is 6.91. The number of para-hydroxylation sites is 1. The predicted octanol–water partition coefficient (Wildman–Crippen LogP) is 5.84. The van der Waals surface area contributed by atoms with Crippen molar-refractivity contribution >= 4 is 35.0 Å². The van der Waals surface area contributed by atoms with Gasteiger partial charge in [-0.2, -0.15) is 0 Å². The number of urea groups is 1. The summed E-state index contributed by atoms with van der Waals surface area (Å²) in [5.74, 6) is 0.298. The molecule has 0 saturated heterocycles. The lowest BCUT2D eigenvalue weighted by molar-refractivity contribution is -0.143. The number of hydrogen-bond donors (Lipinski definition) is 2. The topological polar surface area (TPSA) is 97.0 Å². The molecule has 3 aromatic carbocycles. The summed E-state index contributed by atoms with van der Waals surface area (Å²) in [7, 11) is 1.53. The number of benzene rings is 3. The largest absolute Gasteiger partial charge is 0.495 e. The fourth-order valence-corrected chi connectivity index (χ4v) is 4.78. The second-order valence-electron chi connectivity index (χ2n) is 9.70. The van der Waals surface area contributed by atoms with Crippen molar-refractivity contribution in [3.05, 3.63) is 82.9 Å². The van der Waals surface area contributed by atoms with E-state index in [0.717, 1.165) is 40.0 Å². The predicted molar refractivity (Wildman–Crippen MR) is 153 cm³/mol. The second-order valence-corrected chi connectivity index (χ2v) is 9.70. The van der Waals surface area contributed by atoms with Crippen LogP contribution in [0.4, 0.5) is 21.9 Å². The van der Waals surface area contributed by atoms with Gasteiger partial charge in [-0.05, 0) is 72.7 Å². The number of carbonyl (C=O) groups is 3. The Morgan fingerprint density at radius 2 is 1.77 bits per heavy atom. The van der Waals surface area contributed by atoms with Crippen molar-refractivity contribution < 1.29 is 23.9 Å². The number of ether oxygens (including phenoxy) is 2. The molecule has 0 fully saturated rings. The smallest absolute Gasteiger partial charge is 0.323 e. The first-order valence-corrected chi connectivity index (χ1v) is 13.2. The van der Waals surface area contributed by atoms with Crippen molar-refractivity contribution in [2.24, 2.45) is 0 Å². The van der Waals surface area contributed by atoms with Gasteiger partial charge in [0.1, 0.15) is 5.75 Å². The van der Waals surface area contributed by atoms with Gasteiger partial charge in [0.25, 0.3) is 0 Å². The number of fused-ring (bicyclic) bond motifs is 1. The molecule has 8 heteroatoms. The van der Waals surface area contributed by atoms with Crippen LogP contribution in [-0.4, -0.2) is 38.2 Å². The van der Waals surface area contributed by atoms with Crippen LogP contribution in [-0.2, 0) is 27.2 Å². The van der Waals surface area contributed by atoms with Gasteiger partial charge >= 0.3 is 12.0 Å². The molecule has 204 valence electrons. The molecule has 1 aliphatic heterocycles. The van der Waals surface area contributed by atoms with Crippen LogP contribution >= 0.6 is 0 Å².